The van der Waals surface area contributed by atoms with Crippen LogP contribution in [0.2, 0.25) is 0 Å². The summed E-state index contributed by atoms with van der Waals surface area (Å²) in [5.41, 5.74) is 2.60. The molecular weight excluding hydrogens is 254 g/mol. The number of carboxylic acid groups (broad SMARTS) is 1. The summed E-state index contributed by atoms with van der Waals surface area (Å²) in [7, 11) is 0. The van der Waals surface area contributed by atoms with Crippen LogP contribution in [0.15, 0.2) is 48.5 Å². The van der Waals surface area contributed by atoms with E-state index in [2.05, 4.69) is 5.32 Å². The molecule has 1 amide bonds. The summed E-state index contributed by atoms with van der Waals surface area (Å²) < 4.78 is 0. The average molecular weight is 269 g/mol. The average Bonchev–Trinajstić information content (AvgIpc) is 2.41. The molecule has 0 saturated carbocycles. The van der Waals surface area contributed by atoms with Crippen LogP contribution in [0.5, 0.6) is 0 Å². The van der Waals surface area contributed by atoms with Crippen LogP contribution in [0.4, 0.5) is 5.69 Å². The van der Waals surface area contributed by atoms with Crippen molar-refractivity contribution in [2.24, 2.45) is 0 Å². The van der Waals surface area contributed by atoms with Gasteiger partial charge in [0.1, 0.15) is 0 Å². The molecule has 0 bridgehead atoms. The standard InChI is InChI=1S/C16H15NO3/c1-11(18)17-15-9-5-3-7-13(15)10-12-6-2-4-8-14(12)16(19)20/h2-9H,10H2,1H3,(H,17,18)(H,19,20). The quantitative estimate of drug-likeness (QED) is 0.896. The first kappa shape index (κ1) is 13.8. The first-order chi connectivity index (χ1) is 9.58. The number of nitrogens with one attached hydrogen (secondary N) is 1. The van der Waals surface area contributed by atoms with Gasteiger partial charge in [0.05, 0.1) is 5.56 Å². The highest BCUT2D eigenvalue weighted by molar-refractivity contribution is 5.91. The van der Waals surface area contributed by atoms with Gasteiger partial charge in [0.25, 0.3) is 0 Å². The van der Waals surface area contributed by atoms with Crippen LogP contribution < -0.4 is 5.32 Å². The Bertz CT molecular complexity index is 650. The van der Waals surface area contributed by atoms with E-state index in [1.54, 1.807) is 24.3 Å². The molecule has 2 aromatic carbocycles. The Morgan fingerprint density at radius 2 is 1.60 bits per heavy atom. The van der Waals surface area contributed by atoms with Crippen molar-refractivity contribution in [3.63, 3.8) is 0 Å². The number of carbonyl (C=O) groups is 2. The molecule has 0 saturated heterocycles. The maximum absolute atomic E-state index is 11.2. The second-order valence-corrected chi connectivity index (χ2v) is 4.48. The predicted octanol–water partition coefficient (Wildman–Crippen LogP) is 2.93. The van der Waals surface area contributed by atoms with Crippen LogP contribution in [0.3, 0.4) is 0 Å². The largest absolute Gasteiger partial charge is 0.478 e. The zero-order valence-electron chi connectivity index (χ0n) is 11.1. The molecule has 0 radical (unpaired) electrons. The third-order valence-corrected chi connectivity index (χ3v) is 2.96. The summed E-state index contributed by atoms with van der Waals surface area (Å²) >= 11 is 0. The van der Waals surface area contributed by atoms with Crippen LogP contribution in [0.1, 0.15) is 28.4 Å². The third kappa shape index (κ3) is 3.23. The molecule has 0 unspecified atom stereocenters. The molecule has 0 fully saturated rings. The van der Waals surface area contributed by atoms with Crippen LogP contribution in [-0.4, -0.2) is 17.0 Å². The molecule has 2 aromatic rings. The molecule has 20 heavy (non-hydrogen) atoms. The van der Waals surface area contributed by atoms with E-state index in [0.717, 1.165) is 11.1 Å². The van der Waals surface area contributed by atoms with Gasteiger partial charge < -0.3 is 10.4 Å². The second-order valence-electron chi connectivity index (χ2n) is 4.48. The van der Waals surface area contributed by atoms with Gasteiger partial charge in [-0.1, -0.05) is 36.4 Å². The zero-order chi connectivity index (χ0) is 14.5. The normalized spacial score (nSPS) is 10.1. The maximum Gasteiger partial charge on any atom is 0.335 e. The van der Waals surface area contributed by atoms with E-state index in [-0.39, 0.29) is 11.5 Å². The number of benzene rings is 2. The Kier molecular flexibility index (Phi) is 4.15. The van der Waals surface area contributed by atoms with Gasteiger partial charge in [0, 0.05) is 19.0 Å². The fourth-order valence-corrected chi connectivity index (χ4v) is 2.07. The number of carboxylic acids is 1. The fourth-order valence-electron chi connectivity index (χ4n) is 2.07. The first-order valence-corrected chi connectivity index (χ1v) is 6.24. The van der Waals surface area contributed by atoms with Crippen LogP contribution in [-0.2, 0) is 11.2 Å². The molecule has 0 aliphatic carbocycles. The van der Waals surface area contributed by atoms with Crippen molar-refractivity contribution in [2.45, 2.75) is 13.3 Å². The first-order valence-electron chi connectivity index (χ1n) is 6.24. The predicted molar refractivity (Wildman–Crippen MR) is 77.0 cm³/mol. The minimum absolute atomic E-state index is 0.149. The Balaban J connectivity index is 2.35. The summed E-state index contributed by atoms with van der Waals surface area (Å²) in [6.07, 6.45) is 0.457. The SMILES string of the molecule is CC(=O)Nc1ccccc1Cc1ccccc1C(=O)O. The summed E-state index contributed by atoms with van der Waals surface area (Å²) in [5, 5.41) is 11.9. The third-order valence-electron chi connectivity index (χ3n) is 2.96. The molecule has 0 aliphatic rings. The van der Waals surface area contributed by atoms with Gasteiger partial charge in [-0.15, -0.1) is 0 Å². The van der Waals surface area contributed by atoms with Gasteiger partial charge in [0.15, 0.2) is 0 Å². The van der Waals surface area contributed by atoms with E-state index in [9.17, 15) is 14.7 Å². The molecule has 2 rings (SSSR count). The van der Waals surface area contributed by atoms with Crippen molar-refractivity contribution >= 4 is 17.6 Å². The maximum atomic E-state index is 11.2. The van der Waals surface area contributed by atoms with Gasteiger partial charge in [0.2, 0.25) is 5.91 Å². The highest BCUT2D eigenvalue weighted by atomic mass is 16.4. The minimum atomic E-state index is -0.947. The van der Waals surface area contributed by atoms with Gasteiger partial charge >= 0.3 is 5.97 Å². The number of carbonyl (C=O) groups excluding carboxylic acids is 1. The van der Waals surface area contributed by atoms with Gasteiger partial charge in [-0.3, -0.25) is 4.79 Å². The van der Waals surface area contributed by atoms with Crippen molar-refractivity contribution in [2.75, 3.05) is 5.32 Å². The van der Waals surface area contributed by atoms with E-state index < -0.39 is 5.97 Å². The molecule has 0 spiro atoms. The number of hydrogen-bond acceptors (Lipinski definition) is 2. The molecule has 102 valence electrons. The summed E-state index contributed by atoms with van der Waals surface area (Å²) in [6, 6.07) is 14.3. The van der Waals surface area contributed by atoms with Crippen molar-refractivity contribution in [3.05, 3.63) is 65.2 Å². The fraction of sp³-hybridized carbons (Fsp3) is 0.125. The van der Waals surface area contributed by atoms with Gasteiger partial charge in [-0.05, 0) is 23.3 Å². The van der Waals surface area contributed by atoms with Crippen molar-refractivity contribution < 1.29 is 14.7 Å². The van der Waals surface area contributed by atoms with Crippen molar-refractivity contribution in [3.8, 4) is 0 Å². The summed E-state index contributed by atoms with van der Waals surface area (Å²) in [6.45, 7) is 1.45. The van der Waals surface area contributed by atoms with Crippen LogP contribution in [0, 0.1) is 0 Å². The molecule has 4 nitrogen and oxygen atoms in total. The van der Waals surface area contributed by atoms with Gasteiger partial charge in [-0.2, -0.15) is 0 Å². The summed E-state index contributed by atoms with van der Waals surface area (Å²) in [5.74, 6) is -1.10. The van der Waals surface area contributed by atoms with E-state index in [4.69, 9.17) is 0 Å². The molecule has 4 heteroatoms. The number of anilines is 1. The summed E-state index contributed by atoms with van der Waals surface area (Å²) in [4.78, 5) is 22.4. The number of para-hydroxylation sites is 1. The highest BCUT2D eigenvalue weighted by Gasteiger charge is 2.11. The lowest BCUT2D eigenvalue weighted by Crippen LogP contribution is -2.09. The lowest BCUT2D eigenvalue weighted by atomic mass is 9.98. The lowest BCUT2D eigenvalue weighted by molar-refractivity contribution is -0.114. The number of amides is 1. The van der Waals surface area contributed by atoms with Crippen molar-refractivity contribution in [1.29, 1.82) is 0 Å². The second kappa shape index (κ2) is 6.02. The molecule has 0 aromatic heterocycles. The van der Waals surface area contributed by atoms with Crippen LogP contribution >= 0.6 is 0 Å². The molecule has 0 atom stereocenters. The van der Waals surface area contributed by atoms with E-state index >= 15 is 0 Å². The van der Waals surface area contributed by atoms with Crippen molar-refractivity contribution in [1.82, 2.24) is 0 Å². The molecule has 0 heterocycles. The Labute approximate surface area is 117 Å². The van der Waals surface area contributed by atoms with Gasteiger partial charge in [-0.25, -0.2) is 4.79 Å². The van der Waals surface area contributed by atoms with E-state index in [1.165, 1.54) is 6.92 Å². The molecular formula is C16H15NO3. The zero-order valence-corrected chi connectivity index (χ0v) is 11.1. The highest BCUT2D eigenvalue weighted by Crippen LogP contribution is 2.21. The molecule has 2 N–H and O–H groups in total. The monoisotopic (exact) mass is 269 g/mol. The molecule has 0 aliphatic heterocycles. The smallest absolute Gasteiger partial charge is 0.335 e. The van der Waals surface area contributed by atoms with E-state index in [0.29, 0.717) is 12.1 Å². The Hall–Kier alpha value is -2.62. The minimum Gasteiger partial charge on any atom is -0.478 e. The number of aromatic carboxylic acids is 1. The Morgan fingerprint density at radius 3 is 2.25 bits per heavy atom. The Morgan fingerprint density at radius 1 is 1.00 bits per heavy atom. The lowest BCUT2D eigenvalue weighted by Gasteiger charge is -2.11. The number of rotatable bonds is 4. The van der Waals surface area contributed by atoms with Crippen LogP contribution in [0.25, 0.3) is 0 Å². The number of hydrogen-bond donors (Lipinski definition) is 2. The topological polar surface area (TPSA) is 66.4 Å². The van der Waals surface area contributed by atoms with E-state index in [1.807, 2.05) is 24.3 Å².